The van der Waals surface area contributed by atoms with E-state index in [0.29, 0.717) is 6.04 Å². The number of aromatic nitrogens is 1. The highest BCUT2D eigenvalue weighted by Gasteiger charge is 2.22. The molecule has 110 valence electrons. The van der Waals surface area contributed by atoms with Gasteiger partial charge in [-0.3, -0.25) is 0 Å². The second kappa shape index (κ2) is 6.14. The molecular weight excluding hydrogens is 308 g/mol. The van der Waals surface area contributed by atoms with Crippen molar-refractivity contribution >= 4 is 34.3 Å². The number of hydrogen-bond acceptors (Lipinski definition) is 4. The molecule has 0 radical (unpaired) electrons. The van der Waals surface area contributed by atoms with Gasteiger partial charge in [0.2, 0.25) is 0 Å². The van der Waals surface area contributed by atoms with Crippen LogP contribution in [0, 0.1) is 6.92 Å². The molecule has 20 heavy (non-hydrogen) atoms. The Kier molecular flexibility index (Phi) is 4.90. The second-order valence-corrected chi connectivity index (χ2v) is 8.86. The normalized spacial score (nSPS) is 13.7. The molecule has 1 N–H and O–H groups in total. The maximum Gasteiger partial charge on any atom is 0.0985 e. The third kappa shape index (κ3) is 3.82. The van der Waals surface area contributed by atoms with Crippen molar-refractivity contribution in [2.24, 2.45) is 0 Å². The Morgan fingerprint density at radius 2 is 2.00 bits per heavy atom. The summed E-state index contributed by atoms with van der Waals surface area (Å²) in [7, 11) is 0. The summed E-state index contributed by atoms with van der Waals surface area (Å²) in [6.45, 7) is 11.8. The molecule has 2 rings (SSSR count). The molecule has 2 aromatic rings. The van der Waals surface area contributed by atoms with Crippen molar-refractivity contribution in [3.63, 3.8) is 0 Å². The lowest BCUT2D eigenvalue weighted by molar-refractivity contribution is 0.580. The summed E-state index contributed by atoms with van der Waals surface area (Å²) in [4.78, 5) is 7.32. The van der Waals surface area contributed by atoms with E-state index in [2.05, 4.69) is 46.0 Å². The third-order valence-corrected chi connectivity index (χ3v) is 6.08. The number of hydrogen-bond donors (Lipinski definition) is 1. The largest absolute Gasteiger partial charge is 0.304 e. The third-order valence-electron chi connectivity index (χ3n) is 3.08. The zero-order chi connectivity index (χ0) is 14.9. The van der Waals surface area contributed by atoms with Gasteiger partial charge in [0.05, 0.1) is 15.0 Å². The first-order valence-corrected chi connectivity index (χ1v) is 8.74. The lowest BCUT2D eigenvalue weighted by Gasteiger charge is -2.14. The van der Waals surface area contributed by atoms with Crippen LogP contribution in [0.2, 0.25) is 4.34 Å². The Balaban J connectivity index is 2.05. The average Bonchev–Trinajstić information content (AvgIpc) is 2.92. The van der Waals surface area contributed by atoms with E-state index in [4.69, 9.17) is 16.6 Å². The van der Waals surface area contributed by atoms with Gasteiger partial charge in [0.25, 0.3) is 0 Å². The van der Waals surface area contributed by atoms with Gasteiger partial charge in [-0.25, -0.2) is 4.98 Å². The number of nitrogens with zero attached hydrogens (tertiary/aromatic N) is 1. The second-order valence-electron chi connectivity index (χ2n) is 6.03. The van der Waals surface area contributed by atoms with E-state index < -0.39 is 0 Å². The Bertz CT molecular complexity index is 581. The predicted molar refractivity (Wildman–Crippen MR) is 90.1 cm³/mol. The highest BCUT2D eigenvalue weighted by Crippen LogP contribution is 2.32. The van der Waals surface area contributed by atoms with Gasteiger partial charge in [0.15, 0.2) is 0 Å². The number of halogens is 1. The molecule has 5 heteroatoms. The van der Waals surface area contributed by atoms with Gasteiger partial charge in [-0.15, -0.1) is 22.7 Å². The molecule has 0 amide bonds. The number of thiazole rings is 1. The van der Waals surface area contributed by atoms with Gasteiger partial charge < -0.3 is 5.32 Å². The maximum absolute atomic E-state index is 5.95. The first-order valence-electron chi connectivity index (χ1n) is 6.73. The molecule has 0 bridgehead atoms. The van der Waals surface area contributed by atoms with Crippen LogP contribution in [-0.4, -0.2) is 4.98 Å². The SMILES string of the molecule is Cc1nc(C(C)(C)C)sc1C(C)NCc1ccc(Cl)s1. The molecule has 1 unspecified atom stereocenters. The van der Waals surface area contributed by atoms with E-state index in [9.17, 15) is 0 Å². The Morgan fingerprint density at radius 1 is 1.30 bits per heavy atom. The zero-order valence-corrected chi connectivity index (χ0v) is 15.0. The fraction of sp³-hybridized carbons (Fsp3) is 0.533. The molecule has 1 atom stereocenters. The fourth-order valence-electron chi connectivity index (χ4n) is 1.92. The standard InChI is InChI=1S/C15H21ClN2S2/c1-9(17-8-11-6-7-12(16)19-11)13-10(2)18-14(20-13)15(3,4)5/h6-7,9,17H,8H2,1-5H3. The van der Waals surface area contributed by atoms with E-state index >= 15 is 0 Å². The summed E-state index contributed by atoms with van der Waals surface area (Å²) in [5.41, 5.74) is 1.26. The molecule has 0 saturated heterocycles. The Morgan fingerprint density at radius 3 is 2.50 bits per heavy atom. The minimum absolute atomic E-state index is 0.120. The Hall–Kier alpha value is -0.420. The van der Waals surface area contributed by atoms with Crippen LogP contribution in [0.15, 0.2) is 12.1 Å². The van der Waals surface area contributed by atoms with Gasteiger partial charge in [0, 0.05) is 27.8 Å². The average molecular weight is 329 g/mol. The lowest BCUT2D eigenvalue weighted by Crippen LogP contribution is -2.17. The van der Waals surface area contributed by atoms with E-state index in [1.165, 1.54) is 14.8 Å². The van der Waals surface area contributed by atoms with Crippen molar-refractivity contribution in [2.45, 2.75) is 52.6 Å². The first kappa shape index (κ1) is 16.0. The van der Waals surface area contributed by atoms with E-state index in [1.54, 1.807) is 11.3 Å². The Labute approximate surface area is 134 Å². The fourth-order valence-corrected chi connectivity index (χ4v) is 4.11. The molecule has 0 aliphatic rings. The molecule has 0 aliphatic heterocycles. The number of aryl methyl sites for hydroxylation is 1. The molecule has 0 aromatic carbocycles. The molecule has 0 fully saturated rings. The quantitative estimate of drug-likeness (QED) is 0.822. The van der Waals surface area contributed by atoms with Crippen LogP contribution < -0.4 is 5.32 Å². The van der Waals surface area contributed by atoms with Gasteiger partial charge in [-0.1, -0.05) is 32.4 Å². The van der Waals surface area contributed by atoms with Crippen molar-refractivity contribution in [3.8, 4) is 0 Å². The summed E-state index contributed by atoms with van der Waals surface area (Å²) in [5, 5.41) is 4.76. The van der Waals surface area contributed by atoms with Gasteiger partial charge >= 0.3 is 0 Å². The van der Waals surface area contributed by atoms with Crippen LogP contribution in [0.5, 0.6) is 0 Å². The molecule has 0 aliphatic carbocycles. The van der Waals surface area contributed by atoms with Crippen molar-refractivity contribution in [1.29, 1.82) is 0 Å². The molecule has 2 aromatic heterocycles. The summed E-state index contributed by atoms with van der Waals surface area (Å²) < 4.78 is 0.846. The predicted octanol–water partition coefficient (Wildman–Crippen LogP) is 5.31. The van der Waals surface area contributed by atoms with Crippen LogP contribution in [0.4, 0.5) is 0 Å². The summed E-state index contributed by atoms with van der Waals surface area (Å²) >= 11 is 9.40. The highest BCUT2D eigenvalue weighted by atomic mass is 35.5. The molecule has 2 nitrogen and oxygen atoms in total. The number of thiophene rings is 1. The van der Waals surface area contributed by atoms with E-state index in [0.717, 1.165) is 16.6 Å². The van der Waals surface area contributed by atoms with Crippen LogP contribution in [0.3, 0.4) is 0 Å². The summed E-state index contributed by atoms with van der Waals surface area (Å²) in [6.07, 6.45) is 0. The van der Waals surface area contributed by atoms with E-state index in [-0.39, 0.29) is 5.41 Å². The molecule has 2 heterocycles. The van der Waals surface area contributed by atoms with Crippen LogP contribution in [0.25, 0.3) is 0 Å². The number of nitrogens with one attached hydrogen (secondary N) is 1. The summed E-state index contributed by atoms with van der Waals surface area (Å²) in [6, 6.07) is 4.33. The zero-order valence-electron chi connectivity index (χ0n) is 12.6. The van der Waals surface area contributed by atoms with Crippen LogP contribution in [0.1, 0.15) is 54.2 Å². The monoisotopic (exact) mass is 328 g/mol. The first-order chi connectivity index (χ1) is 9.27. The lowest BCUT2D eigenvalue weighted by atomic mass is 9.98. The van der Waals surface area contributed by atoms with Crippen molar-refractivity contribution in [3.05, 3.63) is 36.9 Å². The number of rotatable bonds is 4. The van der Waals surface area contributed by atoms with Crippen molar-refractivity contribution in [2.75, 3.05) is 0 Å². The van der Waals surface area contributed by atoms with Gasteiger partial charge in [0.1, 0.15) is 0 Å². The summed E-state index contributed by atoms with van der Waals surface area (Å²) in [5.74, 6) is 0. The minimum atomic E-state index is 0.120. The maximum atomic E-state index is 5.95. The molecular formula is C15H21ClN2S2. The van der Waals surface area contributed by atoms with Gasteiger partial charge in [-0.05, 0) is 26.0 Å². The topological polar surface area (TPSA) is 24.9 Å². The van der Waals surface area contributed by atoms with Crippen LogP contribution >= 0.6 is 34.3 Å². The van der Waals surface area contributed by atoms with Gasteiger partial charge in [-0.2, -0.15) is 0 Å². The van der Waals surface area contributed by atoms with E-state index in [1.807, 2.05) is 17.4 Å². The van der Waals surface area contributed by atoms with Crippen LogP contribution in [-0.2, 0) is 12.0 Å². The molecule has 0 spiro atoms. The van der Waals surface area contributed by atoms with Crippen molar-refractivity contribution < 1.29 is 0 Å². The smallest absolute Gasteiger partial charge is 0.0985 e. The minimum Gasteiger partial charge on any atom is -0.304 e. The molecule has 0 saturated carbocycles. The highest BCUT2D eigenvalue weighted by molar-refractivity contribution is 7.16. The van der Waals surface area contributed by atoms with Crippen molar-refractivity contribution in [1.82, 2.24) is 10.3 Å².